The van der Waals surface area contributed by atoms with Crippen LogP contribution in [0.4, 0.5) is 11.4 Å². The lowest BCUT2D eigenvalue weighted by molar-refractivity contribution is -0.384. The average Bonchev–Trinajstić information content (AvgIpc) is 3.03. The number of nitrogens with zero attached hydrogens (tertiary/aromatic N) is 4. The molecule has 1 amide bonds. The van der Waals surface area contributed by atoms with Gasteiger partial charge in [0.15, 0.2) is 11.8 Å². The van der Waals surface area contributed by atoms with Crippen LogP contribution >= 0.6 is 11.6 Å². The molecule has 2 heterocycles. The molecular weight excluding hydrogens is 390 g/mol. The van der Waals surface area contributed by atoms with Crippen molar-refractivity contribution in [2.45, 2.75) is 20.0 Å². The smallest absolute Gasteiger partial charge is 0.340 e. The van der Waals surface area contributed by atoms with Crippen LogP contribution in [0.1, 0.15) is 23.1 Å². The van der Waals surface area contributed by atoms with Crippen LogP contribution < -0.4 is 5.32 Å². The number of nitro groups is 1. The maximum Gasteiger partial charge on any atom is 0.340 e. The lowest BCUT2D eigenvalue weighted by Gasteiger charge is -2.14. The first kappa shape index (κ1) is 19.2. The Kier molecular flexibility index (Phi) is 5.23. The lowest BCUT2D eigenvalue weighted by Crippen LogP contribution is -2.30. The number of non-ortho nitro benzene ring substituents is 1. The Morgan fingerprint density at radius 3 is 2.75 bits per heavy atom. The van der Waals surface area contributed by atoms with Gasteiger partial charge in [-0.25, -0.2) is 4.79 Å². The SMILES string of the molecule is Cc1nnc2ccc(C(=O)OC(C)C(=O)Nc3cc([N+](=O)[O-])ccc3Cl)cn12. The maximum absolute atomic E-state index is 12.3. The van der Waals surface area contributed by atoms with Crippen LogP contribution in [0, 0.1) is 17.0 Å². The number of ether oxygens (including phenoxy) is 1. The third kappa shape index (κ3) is 3.91. The quantitative estimate of drug-likeness (QED) is 0.394. The van der Waals surface area contributed by atoms with Crippen molar-refractivity contribution >= 4 is 40.5 Å². The fourth-order valence-corrected chi connectivity index (χ4v) is 2.53. The van der Waals surface area contributed by atoms with Gasteiger partial charge in [-0.2, -0.15) is 0 Å². The summed E-state index contributed by atoms with van der Waals surface area (Å²) >= 11 is 5.95. The Morgan fingerprint density at radius 1 is 1.29 bits per heavy atom. The number of carbonyl (C=O) groups is 2. The van der Waals surface area contributed by atoms with E-state index in [9.17, 15) is 19.7 Å². The highest BCUT2D eigenvalue weighted by Crippen LogP contribution is 2.27. The van der Waals surface area contributed by atoms with Crippen LogP contribution in [0.25, 0.3) is 5.65 Å². The minimum absolute atomic E-state index is 0.0466. The Hall–Kier alpha value is -3.53. The number of fused-ring (bicyclic) bond motifs is 1. The number of hydrogen-bond donors (Lipinski definition) is 1. The molecule has 1 atom stereocenters. The normalized spacial score (nSPS) is 11.8. The average molecular weight is 404 g/mol. The van der Waals surface area contributed by atoms with Crippen molar-refractivity contribution in [2.75, 3.05) is 5.32 Å². The van der Waals surface area contributed by atoms with E-state index in [1.807, 2.05) is 0 Å². The molecule has 0 bridgehead atoms. The van der Waals surface area contributed by atoms with Gasteiger partial charge in [0, 0.05) is 18.3 Å². The maximum atomic E-state index is 12.3. The first-order chi connectivity index (χ1) is 13.3. The van der Waals surface area contributed by atoms with Crippen molar-refractivity contribution < 1.29 is 19.2 Å². The number of nitro benzene ring substituents is 1. The van der Waals surface area contributed by atoms with Gasteiger partial charge in [0.2, 0.25) is 0 Å². The molecule has 1 aromatic carbocycles. The van der Waals surface area contributed by atoms with Crippen molar-refractivity contribution in [1.82, 2.24) is 14.6 Å². The number of halogens is 1. The molecule has 1 N–H and O–H groups in total. The standard InChI is InChI=1S/C17H14ClN5O5/c1-9(16(24)19-14-7-12(23(26)27)4-5-13(14)18)28-17(25)11-3-6-15-21-20-10(2)22(15)8-11/h3-9H,1-2H3,(H,19,24). The lowest BCUT2D eigenvalue weighted by atomic mass is 10.2. The number of anilines is 1. The highest BCUT2D eigenvalue weighted by molar-refractivity contribution is 6.33. The van der Waals surface area contributed by atoms with E-state index >= 15 is 0 Å². The van der Waals surface area contributed by atoms with Gasteiger partial charge in [0.1, 0.15) is 5.82 Å². The zero-order valence-electron chi connectivity index (χ0n) is 14.7. The molecule has 2 aromatic heterocycles. The minimum Gasteiger partial charge on any atom is -0.449 e. The number of esters is 1. The van der Waals surface area contributed by atoms with Gasteiger partial charge in [-0.05, 0) is 32.0 Å². The second-order valence-electron chi connectivity index (χ2n) is 5.85. The second-order valence-corrected chi connectivity index (χ2v) is 6.26. The van der Waals surface area contributed by atoms with Crippen molar-refractivity contribution in [3.8, 4) is 0 Å². The molecule has 10 nitrogen and oxygen atoms in total. The van der Waals surface area contributed by atoms with Gasteiger partial charge in [-0.15, -0.1) is 10.2 Å². The van der Waals surface area contributed by atoms with Crippen LogP contribution in [-0.4, -0.2) is 37.5 Å². The molecule has 0 spiro atoms. The number of rotatable bonds is 5. The highest BCUT2D eigenvalue weighted by atomic mass is 35.5. The summed E-state index contributed by atoms with van der Waals surface area (Å²) < 4.78 is 6.79. The number of benzene rings is 1. The molecule has 3 aromatic rings. The molecule has 1 unspecified atom stereocenters. The van der Waals surface area contributed by atoms with Crippen LogP contribution in [0.15, 0.2) is 36.5 Å². The van der Waals surface area contributed by atoms with Gasteiger partial charge in [-0.1, -0.05) is 11.6 Å². The van der Waals surface area contributed by atoms with Crippen LogP contribution in [0.3, 0.4) is 0 Å². The summed E-state index contributed by atoms with van der Waals surface area (Å²) in [6.07, 6.45) is 0.343. The predicted octanol–water partition coefficient (Wildman–Crippen LogP) is 2.78. The zero-order valence-corrected chi connectivity index (χ0v) is 15.5. The summed E-state index contributed by atoms with van der Waals surface area (Å²) in [5.41, 5.74) is 0.593. The van der Waals surface area contributed by atoms with E-state index in [-0.39, 0.29) is 22.0 Å². The minimum atomic E-state index is -1.17. The summed E-state index contributed by atoms with van der Waals surface area (Å²) in [5, 5.41) is 21.2. The number of aryl methyl sites for hydroxylation is 1. The fraction of sp³-hybridized carbons (Fsp3) is 0.176. The van der Waals surface area contributed by atoms with Crippen molar-refractivity contribution in [2.24, 2.45) is 0 Å². The van der Waals surface area contributed by atoms with Gasteiger partial charge in [0.05, 0.1) is 21.2 Å². The number of pyridine rings is 1. The number of amides is 1. The molecule has 0 saturated heterocycles. The molecule has 0 radical (unpaired) electrons. The number of carbonyl (C=O) groups excluding carboxylic acids is 2. The third-order valence-electron chi connectivity index (χ3n) is 3.88. The summed E-state index contributed by atoms with van der Waals surface area (Å²) in [6.45, 7) is 3.11. The Bertz CT molecular complexity index is 1100. The van der Waals surface area contributed by atoms with E-state index in [4.69, 9.17) is 16.3 Å². The number of hydrogen-bond acceptors (Lipinski definition) is 7. The fourth-order valence-electron chi connectivity index (χ4n) is 2.37. The first-order valence-electron chi connectivity index (χ1n) is 8.03. The van der Waals surface area contributed by atoms with Gasteiger partial charge >= 0.3 is 5.97 Å². The van der Waals surface area contributed by atoms with E-state index in [0.717, 1.165) is 6.07 Å². The molecule has 11 heteroatoms. The topological polar surface area (TPSA) is 129 Å². The molecule has 0 aliphatic rings. The molecule has 0 saturated carbocycles. The first-order valence-corrected chi connectivity index (χ1v) is 8.41. The molecule has 0 aliphatic heterocycles. The molecule has 0 aliphatic carbocycles. The summed E-state index contributed by atoms with van der Waals surface area (Å²) in [6, 6.07) is 6.74. The second kappa shape index (κ2) is 7.61. The van der Waals surface area contributed by atoms with Crippen LogP contribution in [0.5, 0.6) is 0 Å². The van der Waals surface area contributed by atoms with Crippen molar-refractivity contribution in [1.29, 1.82) is 0 Å². The summed E-state index contributed by atoms with van der Waals surface area (Å²) in [7, 11) is 0. The monoisotopic (exact) mass is 403 g/mol. The molecular formula is C17H14ClN5O5. The molecule has 3 rings (SSSR count). The molecule has 0 fully saturated rings. The largest absolute Gasteiger partial charge is 0.449 e. The molecule has 144 valence electrons. The van der Waals surface area contributed by atoms with E-state index < -0.39 is 22.9 Å². The molecule has 28 heavy (non-hydrogen) atoms. The van der Waals surface area contributed by atoms with Gasteiger partial charge < -0.3 is 10.1 Å². The van der Waals surface area contributed by atoms with Crippen molar-refractivity contribution in [3.63, 3.8) is 0 Å². The number of nitrogens with one attached hydrogen (secondary N) is 1. The third-order valence-corrected chi connectivity index (χ3v) is 4.21. The summed E-state index contributed by atoms with van der Waals surface area (Å²) in [5.74, 6) is -0.809. The summed E-state index contributed by atoms with van der Waals surface area (Å²) in [4.78, 5) is 34.9. The predicted molar refractivity (Wildman–Crippen MR) is 99.3 cm³/mol. The van der Waals surface area contributed by atoms with Gasteiger partial charge in [0.25, 0.3) is 11.6 Å². The van der Waals surface area contributed by atoms with E-state index in [0.29, 0.717) is 11.5 Å². The van der Waals surface area contributed by atoms with Crippen LogP contribution in [-0.2, 0) is 9.53 Å². The highest BCUT2D eigenvalue weighted by Gasteiger charge is 2.21. The Morgan fingerprint density at radius 2 is 2.04 bits per heavy atom. The van der Waals surface area contributed by atoms with E-state index in [2.05, 4.69) is 15.5 Å². The Labute approximate surface area is 163 Å². The van der Waals surface area contributed by atoms with E-state index in [1.165, 1.54) is 31.3 Å². The zero-order chi connectivity index (χ0) is 20.4. The van der Waals surface area contributed by atoms with E-state index in [1.54, 1.807) is 17.4 Å². The van der Waals surface area contributed by atoms with Crippen LogP contribution in [0.2, 0.25) is 5.02 Å². The van der Waals surface area contributed by atoms with Crippen molar-refractivity contribution in [3.05, 3.63) is 63.1 Å². The van der Waals surface area contributed by atoms with Gasteiger partial charge in [-0.3, -0.25) is 19.3 Å². The Balaban J connectivity index is 1.71. The number of aromatic nitrogens is 3.